The quantitative estimate of drug-likeness (QED) is 0.923. The maximum absolute atomic E-state index is 12.9. The molecule has 0 amide bonds. The van der Waals surface area contributed by atoms with E-state index in [1.807, 2.05) is 0 Å². The second-order valence-electron chi connectivity index (χ2n) is 4.36. The number of hydrogen-bond donors (Lipinski definition) is 1. The minimum atomic E-state index is -3.96. The molecule has 1 aliphatic heterocycles. The third-order valence-electron chi connectivity index (χ3n) is 2.78. The van der Waals surface area contributed by atoms with E-state index in [1.54, 1.807) is 6.07 Å². The maximum atomic E-state index is 12.9. The Morgan fingerprint density at radius 1 is 1.05 bits per heavy atom. The molecule has 1 N–H and O–H groups in total. The Kier molecular flexibility index (Phi) is 3.37. The predicted molar refractivity (Wildman–Crippen MR) is 74.9 cm³/mol. The monoisotopic (exact) mass is 347 g/mol. The molecule has 1 aliphatic rings. The first-order valence-corrected chi connectivity index (χ1v) is 7.80. The molecule has 0 unspecified atom stereocenters. The summed E-state index contributed by atoms with van der Waals surface area (Å²) in [5, 5.41) is 0.0438. The molecule has 9 heteroatoms. The van der Waals surface area contributed by atoms with Crippen molar-refractivity contribution < 1.29 is 26.7 Å². The van der Waals surface area contributed by atoms with E-state index in [0.29, 0.717) is 0 Å². The Morgan fingerprint density at radius 2 is 1.73 bits per heavy atom. The maximum Gasteiger partial charge on any atom is 0.586 e. The zero-order valence-corrected chi connectivity index (χ0v) is 12.3. The lowest BCUT2D eigenvalue weighted by molar-refractivity contribution is -0.286. The van der Waals surface area contributed by atoms with Gasteiger partial charge >= 0.3 is 6.29 Å². The van der Waals surface area contributed by atoms with E-state index >= 15 is 0 Å². The first-order valence-electron chi connectivity index (χ1n) is 5.94. The van der Waals surface area contributed by atoms with E-state index in [0.717, 1.165) is 6.07 Å². The average Bonchev–Trinajstić information content (AvgIpc) is 2.71. The molecule has 0 aliphatic carbocycles. The van der Waals surface area contributed by atoms with Gasteiger partial charge in [0.2, 0.25) is 0 Å². The topological polar surface area (TPSA) is 64.6 Å². The molecule has 0 aromatic heterocycles. The molecular weight excluding hydrogens is 340 g/mol. The summed E-state index contributed by atoms with van der Waals surface area (Å²) in [6, 6.07) is 9.41. The van der Waals surface area contributed by atoms with Crippen molar-refractivity contribution in [2.75, 3.05) is 4.72 Å². The molecule has 2 aromatic rings. The summed E-state index contributed by atoms with van der Waals surface area (Å²) in [6.45, 7) is 0. The van der Waals surface area contributed by atoms with Crippen molar-refractivity contribution in [3.63, 3.8) is 0 Å². The second-order valence-corrected chi connectivity index (χ2v) is 6.42. The van der Waals surface area contributed by atoms with E-state index in [2.05, 4.69) is 14.2 Å². The Hall–Kier alpha value is -2.06. The predicted octanol–water partition coefficient (Wildman–Crippen LogP) is 3.46. The molecule has 0 saturated heterocycles. The first kappa shape index (κ1) is 14.9. The first-order chi connectivity index (χ1) is 10.3. The van der Waals surface area contributed by atoms with E-state index in [9.17, 15) is 17.2 Å². The number of sulfonamides is 1. The number of rotatable bonds is 3. The number of alkyl halides is 2. The van der Waals surface area contributed by atoms with Gasteiger partial charge in [0.15, 0.2) is 11.5 Å². The molecule has 0 atom stereocenters. The third-order valence-corrected chi connectivity index (χ3v) is 4.66. The third kappa shape index (κ3) is 2.79. The number of ether oxygens (including phenoxy) is 2. The summed E-state index contributed by atoms with van der Waals surface area (Å²) in [5.74, 6) is -0.435. The molecule has 2 aromatic carbocycles. The molecule has 0 fully saturated rings. The van der Waals surface area contributed by atoms with Crippen LogP contribution in [0, 0.1) is 0 Å². The molecule has 22 heavy (non-hydrogen) atoms. The fourth-order valence-corrected chi connectivity index (χ4v) is 3.46. The number of nitrogens with one attached hydrogen (secondary N) is 1. The summed E-state index contributed by atoms with van der Waals surface area (Å²) in [5.41, 5.74) is 0.0416. The fourth-order valence-electron chi connectivity index (χ4n) is 1.89. The van der Waals surface area contributed by atoms with Gasteiger partial charge in [-0.25, -0.2) is 8.42 Å². The summed E-state index contributed by atoms with van der Waals surface area (Å²) in [4.78, 5) is -0.125. The summed E-state index contributed by atoms with van der Waals surface area (Å²) < 4.78 is 61.0. The number of anilines is 1. The highest BCUT2D eigenvalue weighted by Crippen LogP contribution is 2.42. The lowest BCUT2D eigenvalue weighted by Crippen LogP contribution is -2.25. The van der Waals surface area contributed by atoms with Gasteiger partial charge < -0.3 is 9.47 Å². The molecular formula is C13H8ClF2NO4S. The van der Waals surface area contributed by atoms with Gasteiger partial charge in [-0.2, -0.15) is 0 Å². The van der Waals surface area contributed by atoms with Gasteiger partial charge in [-0.1, -0.05) is 23.7 Å². The van der Waals surface area contributed by atoms with Gasteiger partial charge in [-0.3, -0.25) is 4.72 Å². The summed E-state index contributed by atoms with van der Waals surface area (Å²) in [6.07, 6.45) is -3.76. The summed E-state index contributed by atoms with van der Waals surface area (Å²) >= 11 is 5.84. The van der Waals surface area contributed by atoms with Crippen LogP contribution in [0.25, 0.3) is 0 Å². The van der Waals surface area contributed by atoms with Crippen molar-refractivity contribution in [1.29, 1.82) is 0 Å². The van der Waals surface area contributed by atoms with Crippen LogP contribution in [0.2, 0.25) is 5.02 Å². The zero-order chi connectivity index (χ0) is 16.0. The van der Waals surface area contributed by atoms with E-state index < -0.39 is 16.3 Å². The molecule has 0 spiro atoms. The number of fused-ring (bicyclic) bond motifs is 1. The van der Waals surface area contributed by atoms with Crippen LogP contribution in [-0.4, -0.2) is 14.7 Å². The molecule has 0 bridgehead atoms. The highest BCUT2D eigenvalue weighted by Gasteiger charge is 2.43. The Morgan fingerprint density at radius 3 is 2.45 bits per heavy atom. The van der Waals surface area contributed by atoms with Crippen LogP contribution in [0.1, 0.15) is 0 Å². The van der Waals surface area contributed by atoms with Gasteiger partial charge in [0.25, 0.3) is 10.0 Å². The van der Waals surface area contributed by atoms with E-state index in [4.69, 9.17) is 11.6 Å². The lowest BCUT2D eigenvalue weighted by Gasteiger charge is -2.09. The van der Waals surface area contributed by atoms with Crippen LogP contribution in [0.15, 0.2) is 47.4 Å². The minimum absolute atomic E-state index is 0.0416. The molecule has 116 valence electrons. The van der Waals surface area contributed by atoms with Crippen molar-refractivity contribution in [3.8, 4) is 11.5 Å². The molecule has 0 radical (unpaired) electrons. The van der Waals surface area contributed by atoms with Crippen LogP contribution >= 0.6 is 11.6 Å². The van der Waals surface area contributed by atoms with Crippen molar-refractivity contribution in [2.45, 2.75) is 11.2 Å². The number of halogens is 3. The van der Waals surface area contributed by atoms with Crippen LogP contribution < -0.4 is 14.2 Å². The number of hydrogen-bond acceptors (Lipinski definition) is 4. The highest BCUT2D eigenvalue weighted by atomic mass is 35.5. The Bertz CT molecular complexity index is 842. The highest BCUT2D eigenvalue weighted by molar-refractivity contribution is 7.92. The van der Waals surface area contributed by atoms with Crippen molar-refractivity contribution in [2.24, 2.45) is 0 Å². The molecule has 0 saturated carbocycles. The SMILES string of the molecule is O=S(=O)(Nc1ccc2c(c1)OC(F)(F)O2)c1ccccc1Cl. The van der Waals surface area contributed by atoms with E-state index in [1.165, 1.54) is 30.3 Å². The standard InChI is InChI=1S/C13H8ClF2NO4S/c14-9-3-1-2-4-12(9)22(18,19)17-8-5-6-10-11(7-8)21-13(15,16)20-10/h1-7,17H. The molecule has 5 nitrogen and oxygen atoms in total. The fraction of sp³-hybridized carbons (Fsp3) is 0.0769. The van der Waals surface area contributed by atoms with Gasteiger partial charge in [0, 0.05) is 6.07 Å². The smallest absolute Gasteiger partial charge is 0.395 e. The van der Waals surface area contributed by atoms with Crippen LogP contribution in [0.3, 0.4) is 0 Å². The van der Waals surface area contributed by atoms with Gasteiger partial charge in [-0.15, -0.1) is 8.78 Å². The lowest BCUT2D eigenvalue weighted by atomic mass is 10.3. The zero-order valence-electron chi connectivity index (χ0n) is 10.7. The Labute approximate surface area is 129 Å². The van der Waals surface area contributed by atoms with Gasteiger partial charge in [0.1, 0.15) is 4.90 Å². The molecule has 3 rings (SSSR count). The van der Waals surface area contributed by atoms with Crippen molar-refractivity contribution in [3.05, 3.63) is 47.5 Å². The largest absolute Gasteiger partial charge is 0.586 e. The van der Waals surface area contributed by atoms with Crippen LogP contribution in [0.4, 0.5) is 14.5 Å². The van der Waals surface area contributed by atoms with Crippen LogP contribution in [0.5, 0.6) is 11.5 Å². The van der Waals surface area contributed by atoms with Crippen molar-refractivity contribution >= 4 is 27.3 Å². The van der Waals surface area contributed by atoms with Crippen molar-refractivity contribution in [1.82, 2.24) is 0 Å². The number of benzene rings is 2. The van der Waals surface area contributed by atoms with E-state index in [-0.39, 0.29) is 27.1 Å². The minimum Gasteiger partial charge on any atom is -0.395 e. The second kappa shape index (κ2) is 4.99. The normalized spacial score (nSPS) is 15.6. The van der Waals surface area contributed by atoms with Gasteiger partial charge in [0.05, 0.1) is 10.7 Å². The molecule has 1 heterocycles. The Balaban J connectivity index is 1.90. The van der Waals surface area contributed by atoms with Crippen LogP contribution in [-0.2, 0) is 10.0 Å². The van der Waals surface area contributed by atoms with Gasteiger partial charge in [-0.05, 0) is 24.3 Å². The summed E-state index contributed by atoms with van der Waals surface area (Å²) in [7, 11) is -3.96. The average molecular weight is 348 g/mol.